The number of carbonyl (C=O) groups excluding carboxylic acids is 3. The molecule has 0 radical (unpaired) electrons. The lowest BCUT2D eigenvalue weighted by atomic mass is 9.81. The van der Waals surface area contributed by atoms with Gasteiger partial charge in [0.1, 0.15) is 5.54 Å². The van der Waals surface area contributed by atoms with Crippen molar-refractivity contribution < 1.29 is 24.3 Å². The zero-order chi connectivity index (χ0) is 18.7. The molecular formula is C19H22N2O5. The van der Waals surface area contributed by atoms with Gasteiger partial charge in [-0.25, -0.2) is 4.79 Å². The summed E-state index contributed by atoms with van der Waals surface area (Å²) in [5.41, 5.74) is 0.0463. The molecule has 1 aromatic carbocycles. The smallest absolute Gasteiger partial charge is 0.329 e. The molecular weight excluding hydrogens is 336 g/mol. The lowest BCUT2D eigenvalue weighted by Crippen LogP contribution is -2.55. The summed E-state index contributed by atoms with van der Waals surface area (Å²) in [5.74, 6) is -2.30. The zero-order valence-corrected chi connectivity index (χ0v) is 14.4. The molecule has 1 heterocycles. The molecule has 1 aliphatic carbocycles. The second-order valence-electron chi connectivity index (χ2n) is 7.12. The maximum absolute atomic E-state index is 12.5. The maximum atomic E-state index is 12.5. The largest absolute Gasteiger partial charge is 0.480 e. The van der Waals surface area contributed by atoms with Gasteiger partial charge in [-0.2, -0.15) is 0 Å². The minimum atomic E-state index is -1.18. The molecule has 26 heavy (non-hydrogen) atoms. The van der Waals surface area contributed by atoms with Crippen molar-refractivity contribution in [3.63, 3.8) is 0 Å². The van der Waals surface area contributed by atoms with Crippen molar-refractivity contribution in [2.24, 2.45) is 5.92 Å². The molecule has 3 amide bonds. The molecule has 0 spiro atoms. The van der Waals surface area contributed by atoms with Crippen molar-refractivity contribution in [1.29, 1.82) is 0 Å². The van der Waals surface area contributed by atoms with Gasteiger partial charge in [0.05, 0.1) is 5.92 Å². The first-order chi connectivity index (χ1) is 12.4. The molecule has 1 atom stereocenters. The molecule has 2 fully saturated rings. The molecule has 1 aromatic rings. The number of hydrogen-bond donors (Lipinski definition) is 3. The summed E-state index contributed by atoms with van der Waals surface area (Å²) in [6.07, 6.45) is 4.05. The van der Waals surface area contributed by atoms with Crippen LogP contribution in [0.25, 0.3) is 0 Å². The van der Waals surface area contributed by atoms with E-state index in [1.54, 1.807) is 24.3 Å². The highest BCUT2D eigenvalue weighted by Crippen LogP contribution is 2.29. The van der Waals surface area contributed by atoms with E-state index in [0.29, 0.717) is 24.8 Å². The topological polar surface area (TPSA) is 113 Å². The van der Waals surface area contributed by atoms with Crippen LogP contribution in [0.4, 0.5) is 0 Å². The van der Waals surface area contributed by atoms with E-state index in [-0.39, 0.29) is 24.2 Å². The summed E-state index contributed by atoms with van der Waals surface area (Å²) < 4.78 is 0. The van der Waals surface area contributed by atoms with E-state index in [0.717, 1.165) is 24.8 Å². The second kappa shape index (κ2) is 7.27. The van der Waals surface area contributed by atoms with Crippen molar-refractivity contribution in [1.82, 2.24) is 10.6 Å². The lowest BCUT2D eigenvalue weighted by molar-refractivity contribution is -0.146. The highest BCUT2D eigenvalue weighted by atomic mass is 16.4. The van der Waals surface area contributed by atoms with Crippen molar-refractivity contribution in [3.8, 4) is 0 Å². The number of amides is 3. The van der Waals surface area contributed by atoms with Gasteiger partial charge in [0.15, 0.2) is 0 Å². The zero-order valence-electron chi connectivity index (χ0n) is 14.4. The van der Waals surface area contributed by atoms with Gasteiger partial charge in [-0.3, -0.25) is 19.7 Å². The number of hydrogen-bond acceptors (Lipinski definition) is 4. The Labute approximate surface area is 151 Å². The SMILES string of the molecule is O=C1CC(Cc2ccc(C(=O)NC3(C(=O)O)CCCCC3)cc2)C(=O)N1. The number of imide groups is 1. The van der Waals surface area contributed by atoms with E-state index in [2.05, 4.69) is 10.6 Å². The Bertz CT molecular complexity index is 735. The van der Waals surface area contributed by atoms with Crippen LogP contribution in [-0.4, -0.2) is 34.3 Å². The summed E-state index contributed by atoms with van der Waals surface area (Å²) in [4.78, 5) is 47.0. The van der Waals surface area contributed by atoms with Crippen LogP contribution < -0.4 is 10.6 Å². The third-order valence-electron chi connectivity index (χ3n) is 5.23. The molecule has 0 aromatic heterocycles. The minimum absolute atomic E-state index is 0.183. The van der Waals surface area contributed by atoms with E-state index < -0.39 is 17.4 Å². The first kappa shape index (κ1) is 18.1. The van der Waals surface area contributed by atoms with Crippen LogP contribution in [0.1, 0.15) is 54.4 Å². The predicted molar refractivity (Wildman–Crippen MR) is 92.3 cm³/mol. The Kier molecular flexibility index (Phi) is 5.06. The third-order valence-corrected chi connectivity index (χ3v) is 5.23. The minimum Gasteiger partial charge on any atom is -0.480 e. The Balaban J connectivity index is 1.66. The van der Waals surface area contributed by atoms with Crippen molar-refractivity contribution in [2.45, 2.75) is 50.5 Å². The summed E-state index contributed by atoms with van der Waals surface area (Å²) >= 11 is 0. The maximum Gasteiger partial charge on any atom is 0.329 e. The van der Waals surface area contributed by atoms with Crippen molar-refractivity contribution in [2.75, 3.05) is 0 Å². The molecule has 7 heteroatoms. The number of rotatable bonds is 5. The fourth-order valence-corrected chi connectivity index (χ4v) is 3.69. The van der Waals surface area contributed by atoms with Gasteiger partial charge in [-0.05, 0) is 37.0 Å². The Morgan fingerprint density at radius 3 is 2.31 bits per heavy atom. The fraction of sp³-hybridized carbons (Fsp3) is 0.474. The van der Waals surface area contributed by atoms with Crippen LogP contribution >= 0.6 is 0 Å². The number of carboxylic acid groups (broad SMARTS) is 1. The summed E-state index contributed by atoms with van der Waals surface area (Å²) in [6, 6.07) is 6.72. The van der Waals surface area contributed by atoms with E-state index >= 15 is 0 Å². The summed E-state index contributed by atoms with van der Waals surface area (Å²) in [7, 11) is 0. The summed E-state index contributed by atoms with van der Waals surface area (Å²) in [6.45, 7) is 0. The molecule has 1 saturated carbocycles. The predicted octanol–water partition coefficient (Wildman–Crippen LogP) is 1.41. The van der Waals surface area contributed by atoms with Crippen LogP contribution in [0, 0.1) is 5.92 Å². The van der Waals surface area contributed by atoms with E-state index in [1.807, 2.05) is 0 Å². The highest BCUT2D eigenvalue weighted by molar-refractivity contribution is 6.03. The molecule has 0 bridgehead atoms. The highest BCUT2D eigenvalue weighted by Gasteiger charge is 2.41. The van der Waals surface area contributed by atoms with Crippen molar-refractivity contribution in [3.05, 3.63) is 35.4 Å². The monoisotopic (exact) mass is 358 g/mol. The molecule has 7 nitrogen and oxygen atoms in total. The fourth-order valence-electron chi connectivity index (χ4n) is 3.69. The molecule has 2 aliphatic rings. The number of benzene rings is 1. The van der Waals surface area contributed by atoms with Crippen molar-refractivity contribution >= 4 is 23.7 Å². The van der Waals surface area contributed by atoms with Gasteiger partial charge < -0.3 is 10.4 Å². The number of nitrogens with one attached hydrogen (secondary N) is 2. The average Bonchev–Trinajstić information content (AvgIpc) is 2.93. The van der Waals surface area contributed by atoms with Crippen LogP contribution in [0.2, 0.25) is 0 Å². The van der Waals surface area contributed by atoms with Crippen LogP contribution in [-0.2, 0) is 20.8 Å². The van der Waals surface area contributed by atoms with Gasteiger partial charge >= 0.3 is 5.97 Å². The van der Waals surface area contributed by atoms with E-state index in [9.17, 15) is 24.3 Å². The average molecular weight is 358 g/mol. The Morgan fingerprint density at radius 1 is 1.12 bits per heavy atom. The van der Waals surface area contributed by atoms with Crippen LogP contribution in [0.5, 0.6) is 0 Å². The normalized spacial score (nSPS) is 21.9. The molecule has 1 aliphatic heterocycles. The molecule has 138 valence electrons. The van der Waals surface area contributed by atoms with Gasteiger partial charge in [0, 0.05) is 12.0 Å². The second-order valence-corrected chi connectivity index (χ2v) is 7.12. The Hall–Kier alpha value is -2.70. The quantitative estimate of drug-likeness (QED) is 0.689. The first-order valence-corrected chi connectivity index (χ1v) is 8.88. The van der Waals surface area contributed by atoms with Gasteiger partial charge in [0.25, 0.3) is 5.91 Å². The van der Waals surface area contributed by atoms with Crippen LogP contribution in [0.15, 0.2) is 24.3 Å². The Morgan fingerprint density at radius 2 is 1.77 bits per heavy atom. The van der Waals surface area contributed by atoms with E-state index in [1.165, 1.54) is 0 Å². The number of aliphatic carboxylic acids is 1. The summed E-state index contributed by atoms with van der Waals surface area (Å²) in [5, 5.41) is 14.5. The lowest BCUT2D eigenvalue weighted by Gasteiger charge is -2.34. The standard InChI is InChI=1S/C19H22N2O5/c22-15-11-14(16(23)20-15)10-12-4-6-13(7-5-12)17(24)21-19(18(25)26)8-2-1-3-9-19/h4-7,14H,1-3,8-11H2,(H,21,24)(H,25,26)(H,20,22,23). The molecule has 1 saturated heterocycles. The molecule has 3 rings (SSSR count). The number of carbonyl (C=O) groups is 4. The van der Waals surface area contributed by atoms with Gasteiger partial charge in [-0.1, -0.05) is 31.4 Å². The number of carboxylic acids is 1. The first-order valence-electron chi connectivity index (χ1n) is 8.88. The van der Waals surface area contributed by atoms with E-state index in [4.69, 9.17) is 0 Å². The third kappa shape index (κ3) is 3.76. The van der Waals surface area contributed by atoms with Crippen LogP contribution in [0.3, 0.4) is 0 Å². The van der Waals surface area contributed by atoms with Gasteiger partial charge in [-0.15, -0.1) is 0 Å². The molecule has 1 unspecified atom stereocenters. The van der Waals surface area contributed by atoms with Gasteiger partial charge in [0.2, 0.25) is 11.8 Å². The molecule has 3 N–H and O–H groups in total.